The van der Waals surface area contributed by atoms with Crippen molar-refractivity contribution in [3.05, 3.63) is 0 Å². The molecule has 10 heteroatoms. The second-order valence-corrected chi connectivity index (χ2v) is 5.04. The fourth-order valence-electron chi connectivity index (χ4n) is 1.45. The van der Waals surface area contributed by atoms with Crippen LogP contribution in [0.15, 0.2) is 10.2 Å². The number of nitriles is 2. The van der Waals surface area contributed by atoms with Gasteiger partial charge in [0.25, 0.3) is 0 Å². The van der Waals surface area contributed by atoms with Crippen LogP contribution < -0.4 is 0 Å². The molecule has 10 nitrogen and oxygen atoms in total. The molecule has 0 heterocycles. The van der Waals surface area contributed by atoms with Crippen molar-refractivity contribution in [2.75, 3.05) is 0 Å². The Morgan fingerprint density at radius 1 is 0.833 bits per heavy atom. The highest BCUT2D eigenvalue weighted by Crippen LogP contribution is 2.22. The number of azo groups is 1. The molecule has 0 aromatic rings. The van der Waals surface area contributed by atoms with Crippen molar-refractivity contribution in [3.8, 4) is 12.1 Å². The topological polar surface area (TPSA) is 187 Å². The van der Waals surface area contributed by atoms with Gasteiger partial charge in [-0.25, -0.2) is 9.59 Å². The van der Waals surface area contributed by atoms with Crippen LogP contribution in [0.1, 0.15) is 53.4 Å². The van der Waals surface area contributed by atoms with Crippen molar-refractivity contribution in [2.24, 2.45) is 10.2 Å². The zero-order valence-corrected chi connectivity index (χ0v) is 14.2. The zero-order valence-electron chi connectivity index (χ0n) is 14.2. The molecule has 0 radical (unpaired) electrons. The highest BCUT2D eigenvalue weighted by atomic mass is 16.6. The van der Waals surface area contributed by atoms with Gasteiger partial charge < -0.3 is 20.4 Å². The summed E-state index contributed by atoms with van der Waals surface area (Å²) in [6, 6.07) is 4.30. The van der Waals surface area contributed by atoms with Crippen molar-refractivity contribution >= 4 is 12.3 Å². The number of rotatable bonds is 6. The van der Waals surface area contributed by atoms with Gasteiger partial charge in [-0.05, 0) is 26.7 Å². The predicted octanol–water partition coefficient (Wildman–Crippen LogP) is 4.05. The van der Waals surface area contributed by atoms with Gasteiger partial charge in [0.2, 0.25) is 0 Å². The summed E-state index contributed by atoms with van der Waals surface area (Å²) >= 11 is 0. The molecule has 0 rings (SSSR count). The van der Waals surface area contributed by atoms with Crippen LogP contribution in [0.3, 0.4) is 0 Å². The Morgan fingerprint density at radius 2 is 1.04 bits per heavy atom. The largest absolute Gasteiger partial charge is 0.503 e. The van der Waals surface area contributed by atoms with Crippen LogP contribution in [-0.4, -0.2) is 43.8 Å². The first-order valence-corrected chi connectivity index (χ1v) is 7.02. The summed E-state index contributed by atoms with van der Waals surface area (Å²) in [5, 5.41) is 54.1. The molecule has 2 atom stereocenters. The van der Waals surface area contributed by atoms with Crippen LogP contribution in [0.2, 0.25) is 0 Å². The maximum absolute atomic E-state index is 9.03. The van der Waals surface area contributed by atoms with Gasteiger partial charge in [-0.3, -0.25) is 0 Å². The van der Waals surface area contributed by atoms with E-state index in [-0.39, 0.29) is 0 Å². The van der Waals surface area contributed by atoms with E-state index in [1.54, 1.807) is 13.8 Å². The number of hydrogen-bond acceptors (Lipinski definition) is 6. The van der Waals surface area contributed by atoms with E-state index in [1.807, 2.05) is 13.8 Å². The van der Waals surface area contributed by atoms with Crippen molar-refractivity contribution in [2.45, 2.75) is 64.5 Å². The molecule has 0 bridgehead atoms. The summed E-state index contributed by atoms with van der Waals surface area (Å²) in [6.45, 7) is 7.51. The normalized spacial score (nSPS) is 14.2. The van der Waals surface area contributed by atoms with Gasteiger partial charge in [0, 0.05) is 0 Å². The average Bonchev–Trinajstić information content (AvgIpc) is 2.45. The smallest absolute Gasteiger partial charge is 0.450 e. The van der Waals surface area contributed by atoms with Gasteiger partial charge in [-0.2, -0.15) is 20.8 Å². The van der Waals surface area contributed by atoms with E-state index in [9.17, 15) is 0 Å². The molecule has 0 spiro atoms. The standard InChI is InChI=1S/C12H20N4.2CH2O3/c1-5-7-11(3,9-13)15-16-12(4,10-14)8-6-2;2*2-1(3)4/h5-8H2,1-4H3;2*(H2,2,3,4). The van der Waals surface area contributed by atoms with E-state index in [1.165, 1.54) is 0 Å². The monoisotopic (exact) mass is 344 g/mol. The number of carboxylic acid groups (broad SMARTS) is 4. The molecule has 4 N–H and O–H groups in total. The highest BCUT2D eigenvalue weighted by molar-refractivity contribution is 5.53. The molecule has 2 unspecified atom stereocenters. The molecule has 136 valence electrons. The van der Waals surface area contributed by atoms with Crippen LogP contribution in [0.5, 0.6) is 0 Å². The molecule has 0 saturated heterocycles. The Bertz CT molecular complexity index is 444. The first-order chi connectivity index (χ1) is 10.9. The Kier molecular flexibility index (Phi) is 14.9. The Hall–Kier alpha value is -2.88. The number of hydrogen-bond donors (Lipinski definition) is 4. The van der Waals surface area contributed by atoms with Crippen molar-refractivity contribution in [1.82, 2.24) is 0 Å². The van der Waals surface area contributed by atoms with Gasteiger partial charge >= 0.3 is 12.3 Å². The maximum atomic E-state index is 9.03. The molecule has 0 aliphatic rings. The van der Waals surface area contributed by atoms with E-state index in [0.29, 0.717) is 12.8 Å². The minimum absolute atomic E-state index is 0.667. The lowest BCUT2D eigenvalue weighted by molar-refractivity contribution is 0.135. The van der Waals surface area contributed by atoms with Crippen LogP contribution >= 0.6 is 0 Å². The number of nitrogens with zero attached hydrogens (tertiary/aromatic N) is 4. The lowest BCUT2D eigenvalue weighted by Crippen LogP contribution is -2.23. The second kappa shape index (κ2) is 13.8. The minimum Gasteiger partial charge on any atom is -0.450 e. The second-order valence-electron chi connectivity index (χ2n) is 5.04. The molecule has 0 aromatic carbocycles. The van der Waals surface area contributed by atoms with Crippen molar-refractivity contribution in [1.29, 1.82) is 10.5 Å². The van der Waals surface area contributed by atoms with Crippen LogP contribution in [0.4, 0.5) is 9.59 Å². The maximum Gasteiger partial charge on any atom is 0.503 e. The van der Waals surface area contributed by atoms with Crippen molar-refractivity contribution in [3.63, 3.8) is 0 Å². The summed E-state index contributed by atoms with van der Waals surface area (Å²) < 4.78 is 0. The zero-order chi connectivity index (χ0) is 19.8. The van der Waals surface area contributed by atoms with Gasteiger partial charge in [-0.1, -0.05) is 26.7 Å². The molecule has 0 aliphatic carbocycles. The highest BCUT2D eigenvalue weighted by Gasteiger charge is 2.26. The molecule has 0 fully saturated rings. The van der Waals surface area contributed by atoms with E-state index in [4.69, 9.17) is 40.5 Å². The van der Waals surface area contributed by atoms with Gasteiger partial charge in [0.05, 0.1) is 12.1 Å². The van der Waals surface area contributed by atoms with E-state index >= 15 is 0 Å². The SMILES string of the molecule is CCCC(C)(C#N)N=NC(C)(C#N)CCC.O=C(O)O.O=C(O)O. The lowest BCUT2D eigenvalue weighted by atomic mass is 9.98. The third-order valence-electron chi connectivity index (χ3n) is 2.45. The van der Waals surface area contributed by atoms with E-state index in [2.05, 4.69) is 22.4 Å². The Balaban J connectivity index is -0.000000457. The third kappa shape index (κ3) is 19.1. The summed E-state index contributed by atoms with van der Waals surface area (Å²) in [5.74, 6) is 0. The lowest BCUT2D eigenvalue weighted by Gasteiger charge is -2.18. The minimum atomic E-state index is -1.83. The quantitative estimate of drug-likeness (QED) is 0.519. The summed E-state index contributed by atoms with van der Waals surface area (Å²) in [4.78, 5) is 17.1. The first kappa shape index (κ1) is 26.0. The van der Waals surface area contributed by atoms with Gasteiger partial charge in [0.15, 0.2) is 11.1 Å². The predicted molar refractivity (Wildman–Crippen MR) is 84.0 cm³/mol. The first-order valence-electron chi connectivity index (χ1n) is 7.02. The van der Waals surface area contributed by atoms with Crippen molar-refractivity contribution < 1.29 is 30.0 Å². The molecular formula is C14H24N4O6. The Labute approximate surface area is 140 Å². The van der Waals surface area contributed by atoms with Gasteiger partial charge in [0.1, 0.15) is 0 Å². The number of carbonyl (C=O) groups is 2. The molecular weight excluding hydrogens is 320 g/mol. The molecule has 0 aliphatic heterocycles. The summed E-state index contributed by atoms with van der Waals surface area (Å²) in [6.07, 6.45) is -0.582. The average molecular weight is 344 g/mol. The van der Waals surface area contributed by atoms with Crippen LogP contribution in [-0.2, 0) is 0 Å². The summed E-state index contributed by atoms with van der Waals surface area (Å²) in [5.41, 5.74) is -1.58. The molecule has 0 amide bonds. The van der Waals surface area contributed by atoms with E-state index < -0.39 is 23.4 Å². The molecule has 0 aromatic heterocycles. The third-order valence-corrected chi connectivity index (χ3v) is 2.45. The van der Waals surface area contributed by atoms with Gasteiger partial charge in [-0.15, -0.1) is 0 Å². The summed E-state index contributed by atoms with van der Waals surface area (Å²) in [7, 11) is 0. The van der Waals surface area contributed by atoms with E-state index in [0.717, 1.165) is 12.8 Å². The van der Waals surface area contributed by atoms with Crippen LogP contribution in [0.25, 0.3) is 0 Å². The molecule has 0 saturated carbocycles. The Morgan fingerprint density at radius 3 is 1.17 bits per heavy atom. The molecule has 24 heavy (non-hydrogen) atoms. The van der Waals surface area contributed by atoms with Crippen LogP contribution in [0, 0.1) is 22.7 Å². The fourth-order valence-corrected chi connectivity index (χ4v) is 1.45. The fraction of sp³-hybridized carbons (Fsp3) is 0.714.